The summed E-state index contributed by atoms with van der Waals surface area (Å²) in [6, 6.07) is 4.37. The molecule has 1 aliphatic heterocycles. The topological polar surface area (TPSA) is 21.3 Å². The van der Waals surface area contributed by atoms with E-state index in [1.54, 1.807) is 7.11 Å². The summed E-state index contributed by atoms with van der Waals surface area (Å²) in [7, 11) is 1.74. The second-order valence-electron chi connectivity index (χ2n) is 3.53. The van der Waals surface area contributed by atoms with Crippen LogP contribution in [-0.4, -0.2) is 13.7 Å². The molecule has 0 spiro atoms. The lowest BCUT2D eigenvalue weighted by molar-refractivity contribution is 0.404. The van der Waals surface area contributed by atoms with Crippen LogP contribution in [0.1, 0.15) is 16.7 Å². The highest BCUT2D eigenvalue weighted by Gasteiger charge is 2.13. The van der Waals surface area contributed by atoms with E-state index in [1.807, 2.05) is 0 Å². The van der Waals surface area contributed by atoms with Gasteiger partial charge >= 0.3 is 0 Å². The van der Waals surface area contributed by atoms with E-state index >= 15 is 0 Å². The summed E-state index contributed by atoms with van der Waals surface area (Å²) in [6.45, 7) is 4.14. The van der Waals surface area contributed by atoms with Crippen molar-refractivity contribution in [2.45, 2.75) is 19.9 Å². The highest BCUT2D eigenvalue weighted by molar-refractivity contribution is 5.44. The van der Waals surface area contributed by atoms with Crippen LogP contribution in [0.15, 0.2) is 12.1 Å². The van der Waals surface area contributed by atoms with Crippen molar-refractivity contribution in [2.24, 2.45) is 0 Å². The van der Waals surface area contributed by atoms with Gasteiger partial charge in [-0.25, -0.2) is 0 Å². The number of hydrogen-bond donors (Lipinski definition) is 1. The summed E-state index contributed by atoms with van der Waals surface area (Å²) in [5.41, 5.74) is 4.06. The van der Waals surface area contributed by atoms with Crippen LogP contribution in [0.5, 0.6) is 5.75 Å². The molecule has 0 atom stereocenters. The summed E-state index contributed by atoms with van der Waals surface area (Å²) >= 11 is 0. The van der Waals surface area contributed by atoms with Gasteiger partial charge in [-0.2, -0.15) is 0 Å². The maximum atomic E-state index is 5.35. The fourth-order valence-electron chi connectivity index (χ4n) is 1.90. The molecule has 1 N–H and O–H groups in total. The predicted molar refractivity (Wildman–Crippen MR) is 53.1 cm³/mol. The molecule has 0 unspecified atom stereocenters. The van der Waals surface area contributed by atoms with Gasteiger partial charge in [-0.15, -0.1) is 0 Å². The molecule has 0 fully saturated rings. The zero-order chi connectivity index (χ0) is 9.26. The van der Waals surface area contributed by atoms with E-state index in [2.05, 4.69) is 24.4 Å². The summed E-state index contributed by atoms with van der Waals surface area (Å²) < 4.78 is 5.35. The van der Waals surface area contributed by atoms with Gasteiger partial charge in [0.05, 0.1) is 7.11 Å². The monoisotopic (exact) mass is 177 g/mol. The van der Waals surface area contributed by atoms with Crippen molar-refractivity contribution in [1.29, 1.82) is 0 Å². The Hall–Kier alpha value is -1.02. The van der Waals surface area contributed by atoms with Gasteiger partial charge in [0, 0.05) is 12.1 Å². The number of nitrogens with one attached hydrogen (secondary N) is 1. The highest BCUT2D eigenvalue weighted by atomic mass is 16.5. The molecule has 2 nitrogen and oxygen atoms in total. The van der Waals surface area contributed by atoms with Gasteiger partial charge in [0.25, 0.3) is 0 Å². The first-order chi connectivity index (χ1) is 6.31. The average molecular weight is 177 g/mol. The number of ether oxygens (including phenoxy) is 1. The van der Waals surface area contributed by atoms with Crippen LogP contribution in [0.25, 0.3) is 0 Å². The first-order valence-corrected chi connectivity index (χ1v) is 4.68. The van der Waals surface area contributed by atoms with Crippen LogP contribution in [-0.2, 0) is 13.0 Å². The lowest BCUT2D eigenvalue weighted by atomic mass is 9.98. The zero-order valence-corrected chi connectivity index (χ0v) is 8.18. The van der Waals surface area contributed by atoms with Crippen molar-refractivity contribution in [3.05, 3.63) is 28.8 Å². The van der Waals surface area contributed by atoms with E-state index in [1.165, 1.54) is 16.7 Å². The molecule has 0 saturated carbocycles. The Bertz CT molecular complexity index is 303. The Morgan fingerprint density at radius 2 is 2.23 bits per heavy atom. The molecule has 0 saturated heterocycles. The Kier molecular flexibility index (Phi) is 2.23. The molecule has 1 aliphatic rings. The Morgan fingerprint density at radius 3 is 3.00 bits per heavy atom. The van der Waals surface area contributed by atoms with Crippen LogP contribution in [0, 0.1) is 6.92 Å². The van der Waals surface area contributed by atoms with Crippen molar-refractivity contribution in [3.63, 3.8) is 0 Å². The third kappa shape index (κ3) is 1.54. The van der Waals surface area contributed by atoms with E-state index in [4.69, 9.17) is 4.74 Å². The first-order valence-electron chi connectivity index (χ1n) is 4.68. The molecule has 1 aromatic carbocycles. The maximum absolute atomic E-state index is 5.35. The third-order valence-corrected chi connectivity index (χ3v) is 2.54. The number of methoxy groups -OCH3 is 1. The molecule has 0 aromatic heterocycles. The van der Waals surface area contributed by atoms with Crippen LogP contribution in [0.4, 0.5) is 0 Å². The molecule has 2 heteroatoms. The van der Waals surface area contributed by atoms with Crippen LogP contribution < -0.4 is 10.1 Å². The van der Waals surface area contributed by atoms with Crippen LogP contribution in [0.3, 0.4) is 0 Å². The minimum Gasteiger partial charge on any atom is -0.496 e. The molecule has 0 aliphatic carbocycles. The molecular formula is C11H15NO. The van der Waals surface area contributed by atoms with Crippen molar-refractivity contribution in [2.75, 3.05) is 13.7 Å². The predicted octanol–water partition coefficient (Wildman–Crippen LogP) is 1.65. The van der Waals surface area contributed by atoms with Crippen LogP contribution in [0.2, 0.25) is 0 Å². The van der Waals surface area contributed by atoms with Gasteiger partial charge < -0.3 is 10.1 Å². The number of fused-ring (bicyclic) bond motifs is 1. The molecule has 70 valence electrons. The third-order valence-electron chi connectivity index (χ3n) is 2.54. The number of benzene rings is 1. The smallest absolute Gasteiger partial charge is 0.123 e. The Labute approximate surface area is 78.9 Å². The van der Waals surface area contributed by atoms with Gasteiger partial charge in [-0.1, -0.05) is 6.07 Å². The number of rotatable bonds is 1. The zero-order valence-electron chi connectivity index (χ0n) is 8.18. The fraction of sp³-hybridized carbons (Fsp3) is 0.455. The van der Waals surface area contributed by atoms with E-state index in [9.17, 15) is 0 Å². The summed E-state index contributed by atoms with van der Waals surface area (Å²) in [4.78, 5) is 0. The maximum Gasteiger partial charge on any atom is 0.123 e. The second kappa shape index (κ2) is 3.38. The van der Waals surface area contributed by atoms with Gasteiger partial charge in [-0.05, 0) is 37.1 Å². The number of aryl methyl sites for hydroxylation is 1. The quantitative estimate of drug-likeness (QED) is 0.704. The standard InChI is InChI=1S/C11H15NO/c1-8-5-9-3-4-12-7-10(9)11(6-8)13-2/h5-6,12H,3-4,7H2,1-2H3. The molecule has 0 bridgehead atoms. The molecule has 2 rings (SSSR count). The summed E-state index contributed by atoms with van der Waals surface area (Å²) in [6.07, 6.45) is 1.12. The molecule has 0 amide bonds. The van der Waals surface area contributed by atoms with Crippen molar-refractivity contribution in [1.82, 2.24) is 5.32 Å². The summed E-state index contributed by atoms with van der Waals surface area (Å²) in [5.74, 6) is 1.03. The molecular weight excluding hydrogens is 162 g/mol. The molecule has 1 aromatic rings. The number of hydrogen-bond acceptors (Lipinski definition) is 2. The SMILES string of the molecule is COc1cc(C)cc2c1CNCC2. The van der Waals surface area contributed by atoms with E-state index < -0.39 is 0 Å². The average Bonchev–Trinajstić information content (AvgIpc) is 2.16. The minimum absolute atomic E-state index is 0.943. The fourth-order valence-corrected chi connectivity index (χ4v) is 1.90. The first kappa shape index (κ1) is 8.57. The second-order valence-corrected chi connectivity index (χ2v) is 3.53. The van der Waals surface area contributed by atoms with Gasteiger partial charge in [-0.3, -0.25) is 0 Å². The Balaban J connectivity index is 2.50. The van der Waals surface area contributed by atoms with Gasteiger partial charge in [0.1, 0.15) is 5.75 Å². The molecule has 1 heterocycles. The normalized spacial score (nSPS) is 15.2. The highest BCUT2D eigenvalue weighted by Crippen LogP contribution is 2.26. The van der Waals surface area contributed by atoms with E-state index in [-0.39, 0.29) is 0 Å². The van der Waals surface area contributed by atoms with Crippen molar-refractivity contribution in [3.8, 4) is 5.75 Å². The minimum atomic E-state index is 0.943. The van der Waals surface area contributed by atoms with E-state index in [0.717, 1.165) is 25.3 Å². The largest absolute Gasteiger partial charge is 0.496 e. The lowest BCUT2D eigenvalue weighted by Crippen LogP contribution is -2.24. The summed E-state index contributed by atoms with van der Waals surface area (Å²) in [5, 5.41) is 3.36. The van der Waals surface area contributed by atoms with E-state index in [0.29, 0.717) is 0 Å². The lowest BCUT2D eigenvalue weighted by Gasteiger charge is -2.20. The van der Waals surface area contributed by atoms with Gasteiger partial charge in [0.2, 0.25) is 0 Å². The van der Waals surface area contributed by atoms with Crippen molar-refractivity contribution < 1.29 is 4.74 Å². The van der Waals surface area contributed by atoms with Crippen LogP contribution >= 0.6 is 0 Å². The molecule has 0 radical (unpaired) electrons. The van der Waals surface area contributed by atoms with Crippen molar-refractivity contribution >= 4 is 0 Å². The molecule has 13 heavy (non-hydrogen) atoms. The Morgan fingerprint density at radius 1 is 1.38 bits per heavy atom. The van der Waals surface area contributed by atoms with Gasteiger partial charge in [0.15, 0.2) is 0 Å².